The van der Waals surface area contributed by atoms with E-state index in [1.54, 1.807) is 30.3 Å². The van der Waals surface area contributed by atoms with Crippen LogP contribution in [0.5, 0.6) is 5.75 Å². The number of sulfonamides is 1. The fourth-order valence-corrected chi connectivity index (χ4v) is 7.17. The van der Waals surface area contributed by atoms with E-state index >= 15 is 0 Å². The molecule has 2 aromatic heterocycles. The van der Waals surface area contributed by atoms with Gasteiger partial charge in [-0.3, -0.25) is 9.69 Å². The van der Waals surface area contributed by atoms with E-state index in [0.717, 1.165) is 10.3 Å². The fraction of sp³-hybridized carbons (Fsp3) is 0.280. The Labute approximate surface area is 218 Å². The van der Waals surface area contributed by atoms with E-state index in [9.17, 15) is 13.2 Å². The van der Waals surface area contributed by atoms with Gasteiger partial charge in [-0.05, 0) is 73.9 Å². The number of carbonyl (C=O) groups excluding carboxylic acids is 1. The van der Waals surface area contributed by atoms with Crippen LogP contribution in [0.4, 0.5) is 5.13 Å². The molecule has 4 aromatic rings. The van der Waals surface area contributed by atoms with Gasteiger partial charge in [0.25, 0.3) is 0 Å². The van der Waals surface area contributed by atoms with E-state index in [0.29, 0.717) is 40.0 Å². The number of furan rings is 1. The second-order valence-corrected chi connectivity index (χ2v) is 11.8. The molecular formula is C25H24ClN3O5S2. The number of aromatic nitrogens is 1. The van der Waals surface area contributed by atoms with Gasteiger partial charge in [-0.15, -0.1) is 0 Å². The first-order chi connectivity index (χ1) is 17.3. The number of methoxy groups -OCH3 is 1. The largest absolute Gasteiger partial charge is 0.497 e. The van der Waals surface area contributed by atoms with Crippen molar-refractivity contribution in [1.29, 1.82) is 0 Å². The van der Waals surface area contributed by atoms with E-state index in [1.165, 1.54) is 46.0 Å². The minimum absolute atomic E-state index is 0.117. The summed E-state index contributed by atoms with van der Waals surface area (Å²) in [6.45, 7) is 2.27. The Morgan fingerprint density at radius 2 is 2.03 bits per heavy atom. The van der Waals surface area contributed by atoms with Gasteiger partial charge >= 0.3 is 0 Å². The molecular weight excluding hydrogens is 522 g/mol. The van der Waals surface area contributed by atoms with Crippen LogP contribution in [0.15, 0.2) is 64.1 Å². The quantitative estimate of drug-likeness (QED) is 0.315. The number of benzene rings is 2. The van der Waals surface area contributed by atoms with Gasteiger partial charge in [-0.2, -0.15) is 4.31 Å². The minimum Gasteiger partial charge on any atom is -0.497 e. The zero-order valence-electron chi connectivity index (χ0n) is 19.7. The van der Waals surface area contributed by atoms with Crippen LogP contribution in [0, 0.1) is 6.92 Å². The highest BCUT2D eigenvalue weighted by Gasteiger charge is 2.42. The third-order valence-electron chi connectivity index (χ3n) is 6.28. The number of anilines is 1. The first-order valence-electron chi connectivity index (χ1n) is 11.3. The highest BCUT2D eigenvalue weighted by molar-refractivity contribution is 7.89. The molecule has 1 aliphatic heterocycles. The maximum absolute atomic E-state index is 14.0. The van der Waals surface area contributed by atoms with Crippen LogP contribution in [0.3, 0.4) is 0 Å². The Hall–Kier alpha value is -2.92. The van der Waals surface area contributed by atoms with Crippen LogP contribution in [-0.2, 0) is 21.4 Å². The highest BCUT2D eigenvalue weighted by atomic mass is 35.5. The molecule has 0 bridgehead atoms. The van der Waals surface area contributed by atoms with Gasteiger partial charge in [0.2, 0.25) is 15.9 Å². The molecule has 1 aliphatic rings. The summed E-state index contributed by atoms with van der Waals surface area (Å²) >= 11 is 7.65. The van der Waals surface area contributed by atoms with Crippen molar-refractivity contribution in [2.75, 3.05) is 18.6 Å². The Kier molecular flexibility index (Phi) is 6.78. The van der Waals surface area contributed by atoms with Crippen molar-refractivity contribution < 1.29 is 22.4 Å². The normalized spacial score (nSPS) is 16.5. The molecule has 1 fully saturated rings. The summed E-state index contributed by atoms with van der Waals surface area (Å²) in [5.74, 6) is 0.780. The second kappa shape index (κ2) is 9.85. The number of fused-ring (bicyclic) bond motifs is 1. The zero-order valence-corrected chi connectivity index (χ0v) is 22.1. The molecule has 8 nitrogen and oxygen atoms in total. The Bertz CT molecular complexity index is 1500. The number of hydrogen-bond acceptors (Lipinski definition) is 7. The lowest BCUT2D eigenvalue weighted by Gasteiger charge is -2.28. The Morgan fingerprint density at radius 3 is 2.72 bits per heavy atom. The first-order valence-corrected chi connectivity index (χ1v) is 14.0. The SMILES string of the molecule is COc1ccc(S(=O)(=O)N2CCCC2C(=O)N(Cc2ccco2)c2nc3c(C)c(Cl)ccc3s2)cc1. The summed E-state index contributed by atoms with van der Waals surface area (Å²) in [6.07, 6.45) is 2.53. The fourth-order valence-electron chi connectivity index (χ4n) is 4.34. The highest BCUT2D eigenvalue weighted by Crippen LogP contribution is 2.36. The smallest absolute Gasteiger partial charge is 0.247 e. The maximum Gasteiger partial charge on any atom is 0.247 e. The molecule has 1 unspecified atom stereocenters. The van der Waals surface area contributed by atoms with Crippen molar-refractivity contribution in [1.82, 2.24) is 9.29 Å². The molecule has 2 aromatic carbocycles. The molecule has 0 saturated carbocycles. The number of aryl methyl sites for hydroxylation is 1. The lowest BCUT2D eigenvalue weighted by molar-refractivity contribution is -0.121. The molecule has 36 heavy (non-hydrogen) atoms. The molecule has 0 spiro atoms. The third-order valence-corrected chi connectivity index (χ3v) is 9.66. The van der Waals surface area contributed by atoms with E-state index in [1.807, 2.05) is 13.0 Å². The summed E-state index contributed by atoms with van der Waals surface area (Å²) in [4.78, 5) is 20.3. The first kappa shape index (κ1) is 24.8. The van der Waals surface area contributed by atoms with Crippen LogP contribution in [0.2, 0.25) is 5.02 Å². The average Bonchev–Trinajstić information content (AvgIpc) is 3.65. The summed E-state index contributed by atoms with van der Waals surface area (Å²) in [7, 11) is -2.38. The molecule has 3 heterocycles. The van der Waals surface area contributed by atoms with Crippen molar-refractivity contribution in [3.8, 4) is 5.75 Å². The zero-order chi connectivity index (χ0) is 25.4. The summed E-state index contributed by atoms with van der Waals surface area (Å²) in [6, 6.07) is 12.5. The summed E-state index contributed by atoms with van der Waals surface area (Å²) in [5, 5.41) is 1.06. The molecule has 0 aliphatic carbocycles. The van der Waals surface area contributed by atoms with E-state index < -0.39 is 16.1 Å². The molecule has 0 radical (unpaired) electrons. The number of thiazole rings is 1. The summed E-state index contributed by atoms with van der Waals surface area (Å²) < 4.78 is 39.9. The minimum atomic E-state index is -3.90. The van der Waals surface area contributed by atoms with E-state index in [-0.39, 0.29) is 23.9 Å². The van der Waals surface area contributed by atoms with Gasteiger partial charge < -0.3 is 9.15 Å². The van der Waals surface area contributed by atoms with Crippen LogP contribution >= 0.6 is 22.9 Å². The lowest BCUT2D eigenvalue weighted by atomic mass is 10.2. The van der Waals surface area contributed by atoms with Crippen molar-refractivity contribution >= 4 is 54.2 Å². The number of nitrogens with zero attached hydrogens (tertiary/aromatic N) is 3. The van der Waals surface area contributed by atoms with Crippen molar-refractivity contribution in [3.63, 3.8) is 0 Å². The average molecular weight is 546 g/mol. The lowest BCUT2D eigenvalue weighted by Crippen LogP contribution is -2.47. The number of halogens is 1. The Morgan fingerprint density at radius 1 is 1.25 bits per heavy atom. The predicted octanol–water partition coefficient (Wildman–Crippen LogP) is 5.25. The summed E-state index contributed by atoms with van der Waals surface area (Å²) in [5.41, 5.74) is 1.54. The van der Waals surface area contributed by atoms with Gasteiger partial charge in [0.15, 0.2) is 5.13 Å². The van der Waals surface area contributed by atoms with Gasteiger partial charge in [-0.25, -0.2) is 13.4 Å². The maximum atomic E-state index is 14.0. The van der Waals surface area contributed by atoms with Crippen molar-refractivity contribution in [3.05, 3.63) is 71.1 Å². The van der Waals surface area contributed by atoms with Gasteiger partial charge in [0.1, 0.15) is 17.6 Å². The molecule has 5 rings (SSSR count). The third kappa shape index (κ3) is 4.50. The molecule has 1 saturated heterocycles. The van der Waals surface area contributed by atoms with Crippen LogP contribution in [-0.4, -0.2) is 43.3 Å². The number of ether oxygens (including phenoxy) is 1. The van der Waals surface area contributed by atoms with E-state index in [4.69, 9.17) is 25.7 Å². The van der Waals surface area contributed by atoms with Crippen LogP contribution in [0.1, 0.15) is 24.2 Å². The Balaban J connectivity index is 1.51. The van der Waals surface area contributed by atoms with Gasteiger partial charge in [-0.1, -0.05) is 22.9 Å². The molecule has 1 atom stereocenters. The molecule has 188 valence electrons. The predicted molar refractivity (Wildman–Crippen MR) is 139 cm³/mol. The monoisotopic (exact) mass is 545 g/mol. The molecule has 0 N–H and O–H groups in total. The molecule has 11 heteroatoms. The van der Waals surface area contributed by atoms with Crippen LogP contribution in [0.25, 0.3) is 10.2 Å². The van der Waals surface area contributed by atoms with E-state index in [2.05, 4.69) is 0 Å². The number of hydrogen-bond donors (Lipinski definition) is 0. The number of rotatable bonds is 7. The topological polar surface area (TPSA) is 93.0 Å². The van der Waals surface area contributed by atoms with Gasteiger partial charge in [0, 0.05) is 11.6 Å². The standard InChI is InChI=1S/C25H24ClN3O5S2/c1-16-20(26)11-12-22-23(16)27-25(35-22)28(15-18-5-4-14-34-18)24(30)21-6-3-13-29(21)36(31,32)19-9-7-17(33-2)8-10-19/h4-5,7-12,14,21H,3,6,13,15H2,1-2H3. The van der Waals surface area contributed by atoms with Gasteiger partial charge in [0.05, 0.1) is 35.0 Å². The number of amides is 1. The number of carbonyl (C=O) groups is 1. The van der Waals surface area contributed by atoms with Crippen molar-refractivity contribution in [2.45, 2.75) is 37.2 Å². The second-order valence-electron chi connectivity index (χ2n) is 8.47. The van der Waals surface area contributed by atoms with Crippen LogP contribution < -0.4 is 9.64 Å². The molecule has 1 amide bonds. The van der Waals surface area contributed by atoms with Crippen molar-refractivity contribution in [2.24, 2.45) is 0 Å².